The van der Waals surface area contributed by atoms with E-state index in [0.717, 1.165) is 16.7 Å². The number of likely N-dealkylation sites (N-methyl/N-ethyl adjacent to an activating group) is 1. The smallest absolute Gasteiger partial charge is 0.242 e. The van der Waals surface area contributed by atoms with E-state index in [9.17, 15) is 9.59 Å². The van der Waals surface area contributed by atoms with Gasteiger partial charge in [0.25, 0.3) is 0 Å². The quantitative estimate of drug-likeness (QED) is 0.655. The van der Waals surface area contributed by atoms with Gasteiger partial charge < -0.3 is 10.2 Å². The fraction of sp³-hybridized carbons (Fsp3) is 0.364. The highest BCUT2D eigenvalue weighted by Gasteiger charge is 2.27. The molecule has 1 atom stereocenters. The SMILES string of the molecule is CC[C@H](C(=O)NC)N(Cc1cccc(C)c1)C(=O)CSCc1cccc(Cl)c1. The van der Waals surface area contributed by atoms with Gasteiger partial charge in [0.2, 0.25) is 11.8 Å². The maximum absolute atomic E-state index is 13.0. The molecule has 0 aliphatic rings. The van der Waals surface area contributed by atoms with E-state index in [0.29, 0.717) is 29.5 Å². The number of aryl methyl sites for hydroxylation is 1. The zero-order valence-corrected chi connectivity index (χ0v) is 18.1. The molecular weight excluding hydrogens is 392 g/mol. The van der Waals surface area contributed by atoms with Crippen LogP contribution < -0.4 is 5.32 Å². The van der Waals surface area contributed by atoms with Crippen LogP contribution in [0, 0.1) is 6.92 Å². The molecule has 2 rings (SSSR count). The van der Waals surface area contributed by atoms with Crippen molar-refractivity contribution >= 4 is 35.2 Å². The number of halogens is 1. The molecule has 0 saturated heterocycles. The number of rotatable bonds is 9. The maximum Gasteiger partial charge on any atom is 0.242 e. The van der Waals surface area contributed by atoms with Crippen molar-refractivity contribution in [2.45, 2.75) is 38.6 Å². The Kier molecular flexibility index (Phi) is 8.87. The van der Waals surface area contributed by atoms with Crippen LogP contribution in [-0.4, -0.2) is 35.6 Å². The molecule has 0 aliphatic carbocycles. The molecule has 0 heterocycles. The van der Waals surface area contributed by atoms with Gasteiger partial charge in [-0.3, -0.25) is 9.59 Å². The monoisotopic (exact) mass is 418 g/mol. The predicted molar refractivity (Wildman–Crippen MR) is 117 cm³/mol. The summed E-state index contributed by atoms with van der Waals surface area (Å²) in [6.07, 6.45) is 0.566. The summed E-state index contributed by atoms with van der Waals surface area (Å²) < 4.78 is 0. The zero-order chi connectivity index (χ0) is 20.5. The minimum absolute atomic E-state index is 0.0380. The molecule has 4 nitrogen and oxygen atoms in total. The first kappa shape index (κ1) is 22.3. The van der Waals surface area contributed by atoms with Crippen LogP contribution in [0.1, 0.15) is 30.0 Å². The molecule has 2 aromatic rings. The van der Waals surface area contributed by atoms with Crippen LogP contribution in [-0.2, 0) is 21.9 Å². The first-order chi connectivity index (χ1) is 13.4. The third kappa shape index (κ3) is 6.57. The summed E-state index contributed by atoms with van der Waals surface area (Å²) in [5.74, 6) is 0.833. The number of hydrogen-bond donors (Lipinski definition) is 1. The molecule has 1 N–H and O–H groups in total. The molecule has 0 fully saturated rings. The van der Waals surface area contributed by atoms with E-state index in [-0.39, 0.29) is 11.8 Å². The van der Waals surface area contributed by atoms with Crippen molar-refractivity contribution in [1.82, 2.24) is 10.2 Å². The fourth-order valence-electron chi connectivity index (χ4n) is 3.06. The summed E-state index contributed by atoms with van der Waals surface area (Å²) >= 11 is 7.55. The van der Waals surface area contributed by atoms with E-state index in [1.165, 1.54) is 11.8 Å². The second-order valence-corrected chi connectivity index (χ2v) is 8.09. The van der Waals surface area contributed by atoms with Crippen molar-refractivity contribution < 1.29 is 9.59 Å². The number of nitrogens with zero attached hydrogens (tertiary/aromatic N) is 1. The molecule has 0 aliphatic heterocycles. The Balaban J connectivity index is 2.10. The third-order valence-corrected chi connectivity index (χ3v) is 5.67. The number of thioether (sulfide) groups is 1. The molecule has 28 heavy (non-hydrogen) atoms. The van der Waals surface area contributed by atoms with Crippen LogP contribution in [0.15, 0.2) is 48.5 Å². The maximum atomic E-state index is 13.0. The van der Waals surface area contributed by atoms with E-state index < -0.39 is 6.04 Å². The lowest BCUT2D eigenvalue weighted by molar-refractivity contribution is -0.139. The van der Waals surface area contributed by atoms with Crippen molar-refractivity contribution in [3.63, 3.8) is 0 Å². The summed E-state index contributed by atoms with van der Waals surface area (Å²) in [4.78, 5) is 27.1. The van der Waals surface area contributed by atoms with Crippen LogP contribution >= 0.6 is 23.4 Å². The topological polar surface area (TPSA) is 49.4 Å². The van der Waals surface area contributed by atoms with Gasteiger partial charge in [-0.05, 0) is 36.6 Å². The Morgan fingerprint density at radius 3 is 2.50 bits per heavy atom. The lowest BCUT2D eigenvalue weighted by Gasteiger charge is -2.30. The second kappa shape index (κ2) is 11.1. The van der Waals surface area contributed by atoms with E-state index in [2.05, 4.69) is 11.4 Å². The molecule has 2 aromatic carbocycles. The Morgan fingerprint density at radius 2 is 1.86 bits per heavy atom. The van der Waals surface area contributed by atoms with Crippen molar-refractivity contribution in [3.05, 3.63) is 70.2 Å². The number of amides is 2. The Bertz CT molecular complexity index is 813. The molecule has 0 aromatic heterocycles. The van der Waals surface area contributed by atoms with Gasteiger partial charge in [0.05, 0.1) is 5.75 Å². The van der Waals surface area contributed by atoms with Crippen molar-refractivity contribution in [2.75, 3.05) is 12.8 Å². The lowest BCUT2D eigenvalue weighted by Crippen LogP contribution is -2.48. The molecule has 0 radical (unpaired) electrons. The molecule has 0 saturated carbocycles. The Labute approximate surface area is 176 Å². The molecule has 150 valence electrons. The van der Waals surface area contributed by atoms with Crippen molar-refractivity contribution in [1.29, 1.82) is 0 Å². The van der Waals surface area contributed by atoms with Crippen molar-refractivity contribution in [3.8, 4) is 0 Å². The minimum atomic E-state index is -0.482. The molecule has 0 spiro atoms. The summed E-state index contributed by atoms with van der Waals surface area (Å²) in [6.45, 7) is 4.37. The number of hydrogen-bond acceptors (Lipinski definition) is 3. The predicted octanol–water partition coefficient (Wildman–Crippen LogP) is 4.44. The third-order valence-electron chi connectivity index (χ3n) is 4.45. The van der Waals surface area contributed by atoms with E-state index in [4.69, 9.17) is 11.6 Å². The van der Waals surface area contributed by atoms with Gasteiger partial charge in [-0.2, -0.15) is 0 Å². The number of carbonyl (C=O) groups is 2. The van der Waals surface area contributed by atoms with E-state index in [1.54, 1.807) is 11.9 Å². The van der Waals surface area contributed by atoms with Gasteiger partial charge in [0, 0.05) is 24.4 Å². The first-order valence-electron chi connectivity index (χ1n) is 9.33. The summed E-state index contributed by atoms with van der Waals surface area (Å²) in [6, 6.07) is 15.2. The van der Waals surface area contributed by atoms with E-state index >= 15 is 0 Å². The number of nitrogens with one attached hydrogen (secondary N) is 1. The standard InChI is InChI=1S/C22H27ClN2O2S/c1-4-20(22(27)24-3)25(13-17-8-5-7-16(2)11-17)21(26)15-28-14-18-9-6-10-19(23)12-18/h5-12,20H,4,13-15H2,1-3H3,(H,24,27)/t20-/m1/s1. The lowest BCUT2D eigenvalue weighted by atomic mass is 10.1. The van der Waals surface area contributed by atoms with Crippen LogP contribution in [0.5, 0.6) is 0 Å². The van der Waals surface area contributed by atoms with Gasteiger partial charge in [0.15, 0.2) is 0 Å². The Morgan fingerprint density at radius 1 is 1.14 bits per heavy atom. The molecule has 6 heteroatoms. The highest BCUT2D eigenvalue weighted by Crippen LogP contribution is 2.19. The van der Waals surface area contributed by atoms with Gasteiger partial charge >= 0.3 is 0 Å². The number of carbonyl (C=O) groups excluding carboxylic acids is 2. The normalized spacial score (nSPS) is 11.7. The van der Waals surface area contributed by atoms with Crippen LogP contribution in [0.25, 0.3) is 0 Å². The summed E-state index contributed by atoms with van der Waals surface area (Å²) in [5, 5.41) is 3.37. The average molecular weight is 419 g/mol. The van der Waals surface area contributed by atoms with Gasteiger partial charge in [-0.15, -0.1) is 11.8 Å². The molecule has 0 unspecified atom stereocenters. The highest BCUT2D eigenvalue weighted by molar-refractivity contribution is 7.99. The fourth-order valence-corrected chi connectivity index (χ4v) is 4.13. The van der Waals surface area contributed by atoms with E-state index in [1.807, 2.05) is 56.3 Å². The average Bonchev–Trinajstić information content (AvgIpc) is 2.67. The van der Waals surface area contributed by atoms with Crippen LogP contribution in [0.2, 0.25) is 5.02 Å². The van der Waals surface area contributed by atoms with Gasteiger partial charge in [0.1, 0.15) is 6.04 Å². The summed E-state index contributed by atoms with van der Waals surface area (Å²) in [5.41, 5.74) is 3.23. The second-order valence-electron chi connectivity index (χ2n) is 6.67. The van der Waals surface area contributed by atoms with Crippen LogP contribution in [0.3, 0.4) is 0 Å². The molecular formula is C22H27ClN2O2S. The Hall–Kier alpha value is -1.98. The van der Waals surface area contributed by atoms with Gasteiger partial charge in [-0.25, -0.2) is 0 Å². The highest BCUT2D eigenvalue weighted by atomic mass is 35.5. The van der Waals surface area contributed by atoms with Gasteiger partial charge in [-0.1, -0.05) is 60.5 Å². The minimum Gasteiger partial charge on any atom is -0.357 e. The van der Waals surface area contributed by atoms with Crippen LogP contribution in [0.4, 0.5) is 0 Å². The zero-order valence-electron chi connectivity index (χ0n) is 16.6. The number of benzene rings is 2. The molecule has 0 bridgehead atoms. The largest absolute Gasteiger partial charge is 0.357 e. The van der Waals surface area contributed by atoms with Crippen molar-refractivity contribution in [2.24, 2.45) is 0 Å². The summed E-state index contributed by atoms with van der Waals surface area (Å²) in [7, 11) is 1.61. The first-order valence-corrected chi connectivity index (χ1v) is 10.9. The molecule has 2 amide bonds.